The number of rotatable bonds is 5. The molecule has 3 aromatic carbocycles. The number of aromatic carboxylic acids is 1. The van der Waals surface area contributed by atoms with Crippen molar-refractivity contribution >= 4 is 5.97 Å². The van der Waals surface area contributed by atoms with Crippen LogP contribution in [0.25, 0.3) is 33.9 Å². The van der Waals surface area contributed by atoms with Gasteiger partial charge in [0.2, 0.25) is 0 Å². The third-order valence-corrected chi connectivity index (χ3v) is 6.23. The quantitative estimate of drug-likeness (QED) is 0.361. The van der Waals surface area contributed by atoms with E-state index in [1.807, 2.05) is 0 Å². The van der Waals surface area contributed by atoms with Gasteiger partial charge in [-0.15, -0.1) is 0 Å². The van der Waals surface area contributed by atoms with Crippen molar-refractivity contribution in [2.24, 2.45) is 0 Å². The minimum atomic E-state index is -0.986. The summed E-state index contributed by atoms with van der Waals surface area (Å²) in [5.41, 5.74) is 4.12. The van der Waals surface area contributed by atoms with Crippen molar-refractivity contribution in [1.82, 2.24) is 9.55 Å². The molecule has 1 fully saturated rings. The molecule has 0 radical (unpaired) electrons. The van der Waals surface area contributed by atoms with Crippen molar-refractivity contribution in [2.75, 3.05) is 0 Å². The Balaban J connectivity index is 1.78. The van der Waals surface area contributed by atoms with Gasteiger partial charge in [0.25, 0.3) is 0 Å². The summed E-state index contributed by atoms with van der Waals surface area (Å²) in [6.07, 6.45) is 4.20. The van der Waals surface area contributed by atoms with Crippen molar-refractivity contribution < 1.29 is 18.7 Å². The Morgan fingerprint density at radius 1 is 0.788 bits per heavy atom. The van der Waals surface area contributed by atoms with Crippen LogP contribution in [0, 0.1) is 11.6 Å². The largest absolute Gasteiger partial charge is 0.478 e. The van der Waals surface area contributed by atoms with Crippen molar-refractivity contribution in [3.8, 4) is 33.9 Å². The minimum Gasteiger partial charge on any atom is -0.478 e. The van der Waals surface area contributed by atoms with Gasteiger partial charge < -0.3 is 9.67 Å². The molecule has 0 amide bonds. The molecule has 0 saturated heterocycles. The molecule has 1 heterocycles. The molecule has 1 saturated carbocycles. The Morgan fingerprint density at radius 2 is 1.30 bits per heavy atom. The number of halogens is 2. The van der Waals surface area contributed by atoms with Gasteiger partial charge in [-0.1, -0.05) is 25.0 Å². The summed E-state index contributed by atoms with van der Waals surface area (Å²) in [6.45, 7) is 0. The van der Waals surface area contributed by atoms with Crippen LogP contribution in [0.15, 0.2) is 72.8 Å². The zero-order chi connectivity index (χ0) is 22.9. The highest BCUT2D eigenvalue weighted by atomic mass is 19.1. The van der Waals surface area contributed by atoms with Gasteiger partial charge in [-0.2, -0.15) is 0 Å². The second-order valence-corrected chi connectivity index (χ2v) is 8.34. The fourth-order valence-corrected chi connectivity index (χ4v) is 4.61. The van der Waals surface area contributed by atoms with Crippen LogP contribution < -0.4 is 0 Å². The van der Waals surface area contributed by atoms with E-state index in [1.54, 1.807) is 48.5 Å². The maximum atomic E-state index is 13.7. The van der Waals surface area contributed by atoms with Gasteiger partial charge in [-0.05, 0) is 73.5 Å². The molecule has 4 nitrogen and oxygen atoms in total. The van der Waals surface area contributed by atoms with Crippen LogP contribution in [-0.4, -0.2) is 20.6 Å². The number of hydrogen-bond acceptors (Lipinski definition) is 2. The average Bonchev–Trinajstić information content (AvgIpc) is 3.48. The number of imidazole rings is 1. The van der Waals surface area contributed by atoms with Crippen LogP contribution in [0.3, 0.4) is 0 Å². The molecular weight excluding hydrogens is 422 g/mol. The maximum absolute atomic E-state index is 13.7. The number of nitrogens with zero attached hydrogens (tertiary/aromatic N) is 2. The van der Waals surface area contributed by atoms with E-state index in [-0.39, 0.29) is 23.2 Å². The summed E-state index contributed by atoms with van der Waals surface area (Å²) in [5, 5.41) is 9.28. The second-order valence-electron chi connectivity index (χ2n) is 8.34. The predicted molar refractivity (Wildman–Crippen MR) is 123 cm³/mol. The number of benzene rings is 3. The third-order valence-electron chi connectivity index (χ3n) is 6.23. The average molecular weight is 444 g/mol. The zero-order valence-corrected chi connectivity index (χ0v) is 17.8. The number of aromatic nitrogens is 2. The monoisotopic (exact) mass is 444 g/mol. The lowest BCUT2D eigenvalue weighted by atomic mass is 10.0. The fraction of sp³-hybridized carbons (Fsp3) is 0.185. The molecular formula is C27H22F2N2O2. The van der Waals surface area contributed by atoms with Crippen molar-refractivity contribution in [1.29, 1.82) is 0 Å². The Hall–Kier alpha value is -3.80. The standard InChI is InChI=1S/C27H22F2N2O2/c28-21-13-9-17(10-14-21)24-25(18-11-15-22(29)16-12-18)31(23-3-1-2-4-23)26(30-24)19-5-7-20(8-6-19)27(32)33/h5-16,23H,1-4H2,(H,32,33). The van der Waals surface area contributed by atoms with E-state index in [0.29, 0.717) is 5.69 Å². The van der Waals surface area contributed by atoms with Crippen molar-refractivity contribution in [2.45, 2.75) is 31.7 Å². The SMILES string of the molecule is O=C(O)c1ccc(-c2nc(-c3ccc(F)cc3)c(-c3ccc(F)cc3)n2C2CCCC2)cc1. The first kappa shape index (κ1) is 21.1. The first-order valence-electron chi connectivity index (χ1n) is 11.0. The van der Waals surface area contributed by atoms with Gasteiger partial charge in [-0.3, -0.25) is 0 Å². The van der Waals surface area contributed by atoms with Crippen LogP contribution in [0.4, 0.5) is 8.78 Å². The smallest absolute Gasteiger partial charge is 0.335 e. The van der Waals surface area contributed by atoms with Crippen LogP contribution in [-0.2, 0) is 0 Å². The topological polar surface area (TPSA) is 55.1 Å². The molecule has 4 aromatic rings. The summed E-state index contributed by atoms with van der Waals surface area (Å²) in [4.78, 5) is 16.3. The molecule has 1 aromatic heterocycles. The summed E-state index contributed by atoms with van der Waals surface area (Å²) >= 11 is 0. The Bertz CT molecular complexity index is 1290. The number of carbonyl (C=O) groups is 1. The van der Waals surface area contributed by atoms with Gasteiger partial charge in [0.15, 0.2) is 0 Å². The van der Waals surface area contributed by atoms with Crippen LogP contribution >= 0.6 is 0 Å². The van der Waals surface area contributed by atoms with E-state index in [2.05, 4.69) is 4.57 Å². The molecule has 0 unspecified atom stereocenters. The van der Waals surface area contributed by atoms with Crippen LogP contribution in [0.2, 0.25) is 0 Å². The first-order valence-corrected chi connectivity index (χ1v) is 11.0. The van der Waals surface area contributed by atoms with Crippen LogP contribution in [0.1, 0.15) is 42.1 Å². The van der Waals surface area contributed by atoms with E-state index >= 15 is 0 Å². The molecule has 0 spiro atoms. The number of hydrogen-bond donors (Lipinski definition) is 1. The van der Waals surface area contributed by atoms with Crippen molar-refractivity contribution in [3.05, 3.63) is 90.0 Å². The summed E-state index contributed by atoms with van der Waals surface area (Å²) in [6, 6.07) is 19.4. The van der Waals surface area contributed by atoms with Crippen LogP contribution in [0.5, 0.6) is 0 Å². The Kier molecular flexibility index (Phi) is 5.50. The zero-order valence-electron chi connectivity index (χ0n) is 17.8. The van der Waals surface area contributed by atoms with E-state index < -0.39 is 5.97 Å². The lowest BCUT2D eigenvalue weighted by Crippen LogP contribution is -2.09. The van der Waals surface area contributed by atoms with Gasteiger partial charge >= 0.3 is 5.97 Å². The molecule has 1 N–H and O–H groups in total. The van der Waals surface area contributed by atoms with Gasteiger partial charge in [-0.25, -0.2) is 18.6 Å². The summed E-state index contributed by atoms with van der Waals surface area (Å²) < 4.78 is 29.6. The molecule has 0 bridgehead atoms. The lowest BCUT2D eigenvalue weighted by Gasteiger charge is -2.20. The van der Waals surface area contributed by atoms with E-state index in [4.69, 9.17) is 4.98 Å². The Labute approximate surface area is 190 Å². The highest BCUT2D eigenvalue weighted by Crippen LogP contribution is 2.42. The molecule has 6 heteroatoms. The molecule has 1 aliphatic carbocycles. The normalized spacial score (nSPS) is 14.0. The molecule has 0 aliphatic heterocycles. The third kappa shape index (κ3) is 4.04. The molecule has 166 valence electrons. The summed E-state index contributed by atoms with van der Waals surface area (Å²) in [7, 11) is 0. The Morgan fingerprint density at radius 3 is 1.85 bits per heavy atom. The van der Waals surface area contributed by atoms with E-state index in [0.717, 1.165) is 53.9 Å². The summed E-state index contributed by atoms with van der Waals surface area (Å²) in [5.74, 6) is -0.919. The highest BCUT2D eigenvalue weighted by Gasteiger charge is 2.28. The molecule has 1 aliphatic rings. The van der Waals surface area contributed by atoms with E-state index in [9.17, 15) is 18.7 Å². The number of carboxylic acids is 1. The molecule has 5 rings (SSSR count). The lowest BCUT2D eigenvalue weighted by molar-refractivity contribution is 0.0697. The van der Waals surface area contributed by atoms with Gasteiger partial charge in [0.05, 0.1) is 17.0 Å². The number of carboxylic acid groups (broad SMARTS) is 1. The maximum Gasteiger partial charge on any atom is 0.335 e. The second kappa shape index (κ2) is 8.62. The first-order chi connectivity index (χ1) is 16.0. The van der Waals surface area contributed by atoms with Gasteiger partial charge in [0.1, 0.15) is 17.5 Å². The van der Waals surface area contributed by atoms with Crippen molar-refractivity contribution in [3.63, 3.8) is 0 Å². The van der Waals surface area contributed by atoms with Gasteiger partial charge in [0, 0.05) is 22.7 Å². The fourth-order valence-electron chi connectivity index (χ4n) is 4.61. The van der Waals surface area contributed by atoms with E-state index in [1.165, 1.54) is 24.3 Å². The highest BCUT2D eigenvalue weighted by molar-refractivity contribution is 5.88. The minimum absolute atomic E-state index is 0.204. The molecule has 33 heavy (non-hydrogen) atoms. The predicted octanol–water partition coefficient (Wildman–Crippen LogP) is 6.98. The molecule has 0 atom stereocenters.